The van der Waals surface area contributed by atoms with Crippen molar-refractivity contribution in [3.05, 3.63) is 35.0 Å². The van der Waals surface area contributed by atoms with Crippen molar-refractivity contribution in [1.82, 2.24) is 10.3 Å². The van der Waals surface area contributed by atoms with E-state index >= 15 is 0 Å². The smallest absolute Gasteiger partial charge is 0.242 e. The van der Waals surface area contributed by atoms with E-state index in [9.17, 15) is 9.90 Å². The fourth-order valence-corrected chi connectivity index (χ4v) is 3.33. The summed E-state index contributed by atoms with van der Waals surface area (Å²) in [6.45, 7) is 3.86. The number of rotatable bonds is 5. The van der Waals surface area contributed by atoms with Crippen LogP contribution >= 0.6 is 15.9 Å². The number of amides is 1. The second-order valence-corrected chi connectivity index (χ2v) is 6.64. The molecule has 1 aromatic rings. The molecule has 1 aliphatic heterocycles. The van der Waals surface area contributed by atoms with Gasteiger partial charge in [-0.1, -0.05) is 12.1 Å². The molecule has 0 radical (unpaired) electrons. The van der Waals surface area contributed by atoms with Gasteiger partial charge in [-0.25, -0.2) is 4.98 Å². The van der Waals surface area contributed by atoms with Gasteiger partial charge in [0.2, 0.25) is 5.91 Å². The molecule has 0 unspecified atom stereocenters. The first-order valence-electron chi connectivity index (χ1n) is 7.02. The molecule has 1 saturated carbocycles. The number of nitrogens with zero attached hydrogens (tertiary/aromatic N) is 1. The van der Waals surface area contributed by atoms with E-state index in [2.05, 4.69) is 38.1 Å². The molecule has 1 aliphatic carbocycles. The minimum Gasteiger partial charge on any atom is -0.396 e. The Morgan fingerprint density at radius 3 is 3.10 bits per heavy atom. The summed E-state index contributed by atoms with van der Waals surface area (Å²) in [5.74, 6) is 0.473. The number of fused-ring (bicyclic) bond motifs is 1. The maximum atomic E-state index is 12.4. The van der Waals surface area contributed by atoms with Gasteiger partial charge in [-0.2, -0.15) is 0 Å². The predicted octanol–water partition coefficient (Wildman–Crippen LogP) is 1.62. The van der Waals surface area contributed by atoms with E-state index in [0.29, 0.717) is 23.3 Å². The standard InChI is InChI=1S/C15H18BrN3O2/c1-2-3-9-4-5-12(16)18-13(9)19-14(21)10-6-15(8-20)7-11(15)17-10/h2,4-5,10-11,17,20H,1,3,6-8H2,(H,18,19,21)/t10-,11+,15-/m0/s1. The number of hydrogen-bond donors (Lipinski definition) is 3. The Kier molecular flexibility index (Phi) is 3.86. The Balaban J connectivity index is 1.70. The molecule has 2 fully saturated rings. The molecule has 6 heteroatoms. The molecule has 3 N–H and O–H groups in total. The van der Waals surface area contributed by atoms with Crippen LogP contribution in [0.2, 0.25) is 0 Å². The van der Waals surface area contributed by atoms with Crippen LogP contribution in [-0.4, -0.2) is 34.7 Å². The number of halogens is 1. The van der Waals surface area contributed by atoms with E-state index in [1.54, 1.807) is 6.08 Å². The lowest BCUT2D eigenvalue weighted by molar-refractivity contribution is -0.118. The van der Waals surface area contributed by atoms with Gasteiger partial charge in [-0.3, -0.25) is 4.79 Å². The zero-order valence-electron chi connectivity index (χ0n) is 11.6. The third-order valence-corrected chi connectivity index (χ3v) is 4.83. The van der Waals surface area contributed by atoms with E-state index in [0.717, 1.165) is 12.0 Å². The topological polar surface area (TPSA) is 74.2 Å². The second-order valence-electron chi connectivity index (χ2n) is 5.82. The Morgan fingerprint density at radius 1 is 1.62 bits per heavy atom. The predicted molar refractivity (Wildman–Crippen MR) is 83.9 cm³/mol. The highest BCUT2D eigenvalue weighted by Gasteiger charge is 2.61. The molecule has 1 saturated heterocycles. The number of piperidine rings is 1. The maximum Gasteiger partial charge on any atom is 0.242 e. The minimum atomic E-state index is -0.256. The summed E-state index contributed by atoms with van der Waals surface area (Å²) in [6, 6.07) is 3.79. The van der Waals surface area contributed by atoms with E-state index in [4.69, 9.17) is 0 Å². The van der Waals surface area contributed by atoms with Crippen molar-refractivity contribution in [3.63, 3.8) is 0 Å². The van der Waals surface area contributed by atoms with Crippen molar-refractivity contribution in [2.24, 2.45) is 5.41 Å². The Morgan fingerprint density at radius 2 is 2.43 bits per heavy atom. The van der Waals surface area contributed by atoms with Gasteiger partial charge in [0.1, 0.15) is 10.4 Å². The number of hydrogen-bond acceptors (Lipinski definition) is 4. The number of pyridine rings is 1. The van der Waals surface area contributed by atoms with Gasteiger partial charge in [0.05, 0.1) is 12.6 Å². The van der Waals surface area contributed by atoms with Crippen LogP contribution < -0.4 is 10.6 Å². The fourth-order valence-electron chi connectivity index (χ4n) is 3.02. The third-order valence-electron chi connectivity index (χ3n) is 4.38. The first kappa shape index (κ1) is 14.7. The average Bonchev–Trinajstić information content (AvgIpc) is 3.03. The van der Waals surface area contributed by atoms with Gasteiger partial charge in [-0.15, -0.1) is 6.58 Å². The lowest BCUT2D eigenvalue weighted by atomic mass is 10.0. The summed E-state index contributed by atoms with van der Waals surface area (Å²) in [6.07, 6.45) is 4.08. The second kappa shape index (κ2) is 5.51. The molecular weight excluding hydrogens is 334 g/mol. The van der Waals surface area contributed by atoms with Crippen molar-refractivity contribution in [2.45, 2.75) is 31.3 Å². The molecular formula is C15H18BrN3O2. The molecule has 1 amide bonds. The monoisotopic (exact) mass is 351 g/mol. The molecule has 2 heterocycles. The molecule has 21 heavy (non-hydrogen) atoms. The van der Waals surface area contributed by atoms with E-state index in [1.807, 2.05) is 12.1 Å². The highest BCUT2D eigenvalue weighted by molar-refractivity contribution is 9.10. The first-order valence-corrected chi connectivity index (χ1v) is 7.81. The van der Waals surface area contributed by atoms with Gasteiger partial charge in [0.15, 0.2) is 0 Å². The van der Waals surface area contributed by atoms with Gasteiger partial charge in [-0.05, 0) is 46.8 Å². The van der Waals surface area contributed by atoms with Crippen LogP contribution in [0, 0.1) is 5.41 Å². The summed E-state index contributed by atoms with van der Waals surface area (Å²) in [7, 11) is 0. The van der Waals surface area contributed by atoms with Crippen LogP contribution in [0.3, 0.4) is 0 Å². The molecule has 0 aromatic carbocycles. The summed E-state index contributed by atoms with van der Waals surface area (Å²) >= 11 is 3.32. The Labute approximate surface area is 132 Å². The van der Waals surface area contributed by atoms with Crippen LogP contribution in [0.1, 0.15) is 18.4 Å². The number of carbonyl (C=O) groups excluding carboxylic acids is 1. The molecule has 0 spiro atoms. The Hall–Kier alpha value is -1.24. The van der Waals surface area contributed by atoms with Crippen molar-refractivity contribution in [2.75, 3.05) is 11.9 Å². The van der Waals surface area contributed by atoms with Crippen LogP contribution in [0.4, 0.5) is 5.82 Å². The summed E-state index contributed by atoms with van der Waals surface area (Å²) in [4.78, 5) is 16.7. The average molecular weight is 352 g/mol. The van der Waals surface area contributed by atoms with E-state index in [-0.39, 0.29) is 30.0 Å². The maximum absolute atomic E-state index is 12.4. The molecule has 3 atom stereocenters. The molecule has 1 aromatic heterocycles. The molecule has 3 rings (SSSR count). The summed E-state index contributed by atoms with van der Waals surface area (Å²) in [5.41, 5.74) is 0.859. The van der Waals surface area contributed by atoms with Crippen molar-refractivity contribution in [1.29, 1.82) is 0 Å². The van der Waals surface area contributed by atoms with Crippen molar-refractivity contribution < 1.29 is 9.90 Å². The van der Waals surface area contributed by atoms with E-state index in [1.165, 1.54) is 0 Å². The largest absolute Gasteiger partial charge is 0.396 e. The first-order chi connectivity index (χ1) is 10.1. The number of aliphatic hydroxyl groups is 1. The fraction of sp³-hybridized carbons (Fsp3) is 0.467. The van der Waals surface area contributed by atoms with Crippen molar-refractivity contribution in [3.8, 4) is 0 Å². The lowest BCUT2D eigenvalue weighted by Gasteiger charge is -2.16. The van der Waals surface area contributed by atoms with Crippen LogP contribution in [0.5, 0.6) is 0 Å². The number of nitrogens with one attached hydrogen (secondary N) is 2. The van der Waals surface area contributed by atoms with Gasteiger partial charge >= 0.3 is 0 Å². The molecule has 5 nitrogen and oxygen atoms in total. The number of aromatic nitrogens is 1. The van der Waals surface area contributed by atoms with Gasteiger partial charge in [0, 0.05) is 11.5 Å². The van der Waals surface area contributed by atoms with Crippen molar-refractivity contribution >= 4 is 27.7 Å². The zero-order chi connectivity index (χ0) is 15.0. The summed E-state index contributed by atoms with van der Waals surface area (Å²) in [5, 5.41) is 15.6. The SMILES string of the molecule is C=CCc1ccc(Br)nc1NC(=O)[C@@H]1C[C@@]2(CO)C[C@H]2N1. The number of aliphatic hydroxyl groups excluding tert-OH is 1. The van der Waals surface area contributed by atoms with Crippen LogP contribution in [0.25, 0.3) is 0 Å². The lowest BCUT2D eigenvalue weighted by Crippen LogP contribution is -2.38. The minimum absolute atomic E-state index is 0.0728. The number of anilines is 1. The van der Waals surface area contributed by atoms with E-state index < -0.39 is 0 Å². The van der Waals surface area contributed by atoms with Crippen LogP contribution in [-0.2, 0) is 11.2 Å². The van der Waals surface area contributed by atoms with Gasteiger partial charge in [0.25, 0.3) is 0 Å². The molecule has 0 bridgehead atoms. The highest BCUT2D eigenvalue weighted by atomic mass is 79.9. The number of carbonyl (C=O) groups is 1. The normalized spacial score (nSPS) is 29.8. The van der Waals surface area contributed by atoms with Gasteiger partial charge < -0.3 is 15.7 Å². The quantitative estimate of drug-likeness (QED) is 0.556. The summed E-state index contributed by atoms with van der Waals surface area (Å²) < 4.78 is 0.680. The molecule has 112 valence electrons. The number of allylic oxidation sites excluding steroid dienone is 1. The molecule has 2 aliphatic rings. The third kappa shape index (κ3) is 2.75. The highest BCUT2D eigenvalue weighted by Crippen LogP contribution is 2.54. The zero-order valence-corrected chi connectivity index (χ0v) is 13.2. The van der Waals surface area contributed by atoms with Crippen LogP contribution in [0.15, 0.2) is 29.4 Å². The Bertz CT molecular complexity index is 588.